The molecule has 0 aromatic heterocycles. The highest BCUT2D eigenvalue weighted by atomic mass is 19.3. The van der Waals surface area contributed by atoms with Gasteiger partial charge in [-0.1, -0.05) is 0 Å². The molecule has 0 radical (unpaired) electrons. The lowest BCUT2D eigenvalue weighted by molar-refractivity contribution is 0.149. The van der Waals surface area contributed by atoms with E-state index in [1.807, 2.05) is 0 Å². The number of likely N-dealkylation sites (N-methyl/N-ethyl adjacent to an activating group) is 1. The Morgan fingerprint density at radius 3 is 2.62 bits per heavy atom. The summed E-state index contributed by atoms with van der Waals surface area (Å²) in [7, 11) is 3.11. The van der Waals surface area contributed by atoms with Crippen molar-refractivity contribution in [2.24, 2.45) is 0 Å². The first kappa shape index (κ1) is 12.9. The van der Waals surface area contributed by atoms with Crippen LogP contribution in [0, 0.1) is 0 Å². The molecule has 1 unspecified atom stereocenters. The van der Waals surface area contributed by atoms with E-state index in [1.165, 1.54) is 25.3 Å². The van der Waals surface area contributed by atoms with Crippen LogP contribution in [0.15, 0.2) is 18.2 Å². The van der Waals surface area contributed by atoms with Gasteiger partial charge >= 0.3 is 0 Å². The molecule has 0 saturated heterocycles. The molecular weight excluding hydrogens is 216 g/mol. The Labute approximate surface area is 93.0 Å². The fourth-order valence-corrected chi connectivity index (χ4v) is 1.45. The molecule has 1 aromatic rings. The number of alkyl halides is 2. The van der Waals surface area contributed by atoms with Gasteiger partial charge in [0.25, 0.3) is 6.43 Å². The molecule has 3 nitrogen and oxygen atoms in total. The van der Waals surface area contributed by atoms with E-state index in [4.69, 9.17) is 4.74 Å². The maximum Gasteiger partial charge on any atom is 0.263 e. The lowest BCUT2D eigenvalue weighted by Gasteiger charge is -2.15. The second-order valence-corrected chi connectivity index (χ2v) is 3.38. The summed E-state index contributed by atoms with van der Waals surface area (Å²) in [5, 5.41) is 12.5. The largest absolute Gasteiger partial charge is 0.496 e. The van der Waals surface area contributed by atoms with E-state index in [1.54, 1.807) is 7.05 Å². The minimum absolute atomic E-state index is 0.119. The van der Waals surface area contributed by atoms with Gasteiger partial charge in [-0.15, -0.1) is 0 Å². The van der Waals surface area contributed by atoms with Gasteiger partial charge in [0.15, 0.2) is 0 Å². The van der Waals surface area contributed by atoms with E-state index in [2.05, 4.69) is 5.32 Å². The van der Waals surface area contributed by atoms with Crippen LogP contribution in [0.25, 0.3) is 0 Å². The summed E-state index contributed by atoms with van der Waals surface area (Å²) in [4.78, 5) is 0. The van der Waals surface area contributed by atoms with Crippen molar-refractivity contribution in [1.29, 1.82) is 0 Å². The second kappa shape index (κ2) is 5.77. The zero-order valence-electron chi connectivity index (χ0n) is 9.21. The highest BCUT2D eigenvalue weighted by Gasteiger charge is 2.16. The molecule has 0 spiro atoms. The molecule has 1 atom stereocenters. The number of methoxy groups -OCH3 is 1. The van der Waals surface area contributed by atoms with Crippen molar-refractivity contribution in [3.63, 3.8) is 0 Å². The molecule has 0 saturated carbocycles. The van der Waals surface area contributed by atoms with Crippen LogP contribution < -0.4 is 10.1 Å². The predicted octanol–water partition coefficient (Wildman–Crippen LogP) is 1.89. The molecular formula is C11H15F2NO2. The van der Waals surface area contributed by atoms with Gasteiger partial charge < -0.3 is 15.2 Å². The molecule has 0 fully saturated rings. The van der Waals surface area contributed by atoms with Crippen LogP contribution in [0.1, 0.15) is 23.7 Å². The minimum atomic E-state index is -2.55. The van der Waals surface area contributed by atoms with E-state index in [-0.39, 0.29) is 12.1 Å². The first-order valence-corrected chi connectivity index (χ1v) is 4.88. The van der Waals surface area contributed by atoms with Crippen LogP contribution in [-0.2, 0) is 0 Å². The van der Waals surface area contributed by atoms with Crippen molar-refractivity contribution in [2.45, 2.75) is 12.5 Å². The van der Waals surface area contributed by atoms with Gasteiger partial charge in [-0.05, 0) is 25.2 Å². The number of ether oxygens (including phenoxy) is 1. The standard InChI is InChI=1S/C11H15F2NO2/c1-14-6-9(15)8-5-7(11(12)13)3-4-10(8)16-2/h3-5,9,11,14-15H,6H2,1-2H3. The zero-order valence-corrected chi connectivity index (χ0v) is 9.21. The van der Waals surface area contributed by atoms with Crippen molar-refractivity contribution < 1.29 is 18.6 Å². The Bertz CT molecular complexity index is 345. The number of nitrogens with one attached hydrogen (secondary N) is 1. The highest BCUT2D eigenvalue weighted by Crippen LogP contribution is 2.29. The normalized spacial score (nSPS) is 12.9. The van der Waals surface area contributed by atoms with E-state index in [9.17, 15) is 13.9 Å². The summed E-state index contributed by atoms with van der Waals surface area (Å²) in [5.74, 6) is 0.409. The van der Waals surface area contributed by atoms with Crippen LogP contribution in [0.3, 0.4) is 0 Å². The van der Waals surface area contributed by atoms with Gasteiger partial charge in [-0.25, -0.2) is 8.78 Å². The first-order chi connectivity index (χ1) is 7.60. The molecule has 0 bridgehead atoms. The summed E-state index contributed by atoms with van der Waals surface area (Å²) in [6.45, 7) is 0.281. The second-order valence-electron chi connectivity index (χ2n) is 3.38. The van der Waals surface area contributed by atoms with Gasteiger partial charge in [0.05, 0.1) is 13.2 Å². The molecule has 90 valence electrons. The first-order valence-electron chi connectivity index (χ1n) is 4.88. The Hall–Kier alpha value is -1.20. The maximum absolute atomic E-state index is 12.5. The predicted molar refractivity (Wildman–Crippen MR) is 56.8 cm³/mol. The van der Waals surface area contributed by atoms with Crippen molar-refractivity contribution >= 4 is 0 Å². The van der Waals surface area contributed by atoms with Gasteiger partial charge in [-0.3, -0.25) is 0 Å². The van der Waals surface area contributed by atoms with E-state index in [0.717, 1.165) is 0 Å². The number of benzene rings is 1. The summed E-state index contributed by atoms with van der Waals surface area (Å²) in [6, 6.07) is 4.00. The number of aliphatic hydroxyl groups is 1. The summed E-state index contributed by atoms with van der Waals surface area (Å²) < 4.78 is 30.0. The van der Waals surface area contributed by atoms with Gasteiger partial charge in [0, 0.05) is 17.7 Å². The Morgan fingerprint density at radius 2 is 2.12 bits per heavy atom. The molecule has 1 rings (SSSR count). The number of aliphatic hydroxyl groups excluding tert-OH is 1. The zero-order chi connectivity index (χ0) is 12.1. The fraction of sp³-hybridized carbons (Fsp3) is 0.455. The van der Waals surface area contributed by atoms with Crippen LogP contribution in [0.2, 0.25) is 0 Å². The summed E-state index contributed by atoms with van der Waals surface area (Å²) in [5.41, 5.74) is 0.251. The smallest absolute Gasteiger partial charge is 0.263 e. The van der Waals surface area contributed by atoms with Crippen molar-refractivity contribution in [2.75, 3.05) is 20.7 Å². The third-order valence-corrected chi connectivity index (χ3v) is 2.26. The number of halogens is 2. The van der Waals surface area contributed by atoms with E-state index >= 15 is 0 Å². The molecule has 0 aliphatic heterocycles. The maximum atomic E-state index is 12.5. The number of hydrogen-bond acceptors (Lipinski definition) is 3. The van der Waals surface area contributed by atoms with Gasteiger partial charge in [0.2, 0.25) is 0 Å². The minimum Gasteiger partial charge on any atom is -0.496 e. The fourth-order valence-electron chi connectivity index (χ4n) is 1.45. The van der Waals surface area contributed by atoms with Crippen LogP contribution in [0.5, 0.6) is 5.75 Å². The molecule has 2 N–H and O–H groups in total. The molecule has 1 aromatic carbocycles. The lowest BCUT2D eigenvalue weighted by Crippen LogP contribution is -2.17. The van der Waals surface area contributed by atoms with E-state index < -0.39 is 12.5 Å². The topological polar surface area (TPSA) is 41.5 Å². The molecule has 5 heteroatoms. The summed E-state index contributed by atoms with van der Waals surface area (Å²) in [6.07, 6.45) is -3.41. The van der Waals surface area contributed by atoms with Crippen LogP contribution in [-0.4, -0.2) is 25.8 Å². The van der Waals surface area contributed by atoms with Crippen molar-refractivity contribution in [1.82, 2.24) is 5.32 Å². The van der Waals surface area contributed by atoms with Gasteiger partial charge in [0.1, 0.15) is 5.75 Å². The number of rotatable bonds is 5. The Kier molecular flexibility index (Phi) is 4.64. The van der Waals surface area contributed by atoms with Crippen molar-refractivity contribution in [3.05, 3.63) is 29.3 Å². The third kappa shape index (κ3) is 2.90. The average Bonchev–Trinajstić information content (AvgIpc) is 2.28. The molecule has 0 aliphatic carbocycles. The monoisotopic (exact) mass is 231 g/mol. The Balaban J connectivity index is 3.06. The summed E-state index contributed by atoms with van der Waals surface area (Å²) >= 11 is 0. The molecule has 0 aliphatic rings. The lowest BCUT2D eigenvalue weighted by atomic mass is 10.0. The average molecular weight is 231 g/mol. The van der Waals surface area contributed by atoms with Crippen LogP contribution >= 0.6 is 0 Å². The molecule has 0 amide bonds. The Morgan fingerprint density at radius 1 is 1.44 bits per heavy atom. The highest BCUT2D eigenvalue weighted by molar-refractivity contribution is 5.39. The molecule has 0 heterocycles. The number of hydrogen-bond donors (Lipinski definition) is 2. The van der Waals surface area contributed by atoms with Gasteiger partial charge in [-0.2, -0.15) is 0 Å². The third-order valence-electron chi connectivity index (χ3n) is 2.26. The SMILES string of the molecule is CNCC(O)c1cc(C(F)F)ccc1OC. The quantitative estimate of drug-likeness (QED) is 0.813. The van der Waals surface area contributed by atoms with Crippen molar-refractivity contribution in [3.8, 4) is 5.75 Å². The molecule has 16 heavy (non-hydrogen) atoms. The van der Waals surface area contributed by atoms with Crippen LogP contribution in [0.4, 0.5) is 8.78 Å². The van der Waals surface area contributed by atoms with E-state index in [0.29, 0.717) is 11.3 Å².